The molecule has 156 valence electrons. The maximum Gasteiger partial charge on any atom is 0.223 e. The van der Waals surface area contributed by atoms with Crippen LogP contribution in [-0.2, 0) is 16.1 Å². The summed E-state index contributed by atoms with van der Waals surface area (Å²) < 4.78 is 0. The summed E-state index contributed by atoms with van der Waals surface area (Å²) >= 11 is 1.58. The normalized spacial score (nSPS) is 14.5. The molecule has 1 aliphatic heterocycles. The molecule has 3 aromatic heterocycles. The summed E-state index contributed by atoms with van der Waals surface area (Å²) in [6.45, 7) is 3.36. The van der Waals surface area contributed by atoms with Crippen LogP contribution in [0.1, 0.15) is 24.8 Å². The SMILES string of the molecule is O=C(CCC(=O)N1CCCN(c2nc3cccnc3s2)CC1)NCc1cccnc1. The van der Waals surface area contributed by atoms with Crippen LogP contribution in [0.3, 0.4) is 0 Å². The van der Waals surface area contributed by atoms with Crippen LogP contribution in [0.25, 0.3) is 10.3 Å². The Kier molecular flexibility index (Phi) is 6.48. The predicted octanol–water partition coefficient (Wildman–Crippen LogP) is 2.22. The van der Waals surface area contributed by atoms with E-state index in [1.807, 2.05) is 29.2 Å². The summed E-state index contributed by atoms with van der Waals surface area (Å²) in [5, 5.41) is 3.79. The molecule has 0 atom stereocenters. The summed E-state index contributed by atoms with van der Waals surface area (Å²) in [6.07, 6.45) is 6.49. The highest BCUT2D eigenvalue weighted by atomic mass is 32.1. The van der Waals surface area contributed by atoms with E-state index in [4.69, 9.17) is 0 Å². The number of anilines is 1. The number of aromatic nitrogens is 3. The second kappa shape index (κ2) is 9.62. The Labute approximate surface area is 179 Å². The first-order valence-electron chi connectivity index (χ1n) is 10.1. The van der Waals surface area contributed by atoms with Crippen molar-refractivity contribution >= 4 is 38.6 Å². The Balaban J connectivity index is 1.24. The standard InChI is InChI=1S/C21H24N6O2S/c28-18(24-15-16-4-1-8-22-14-16)6-7-19(29)26-10-3-11-27(13-12-26)21-25-17-5-2-9-23-20(17)30-21/h1-2,4-5,8-9,14H,3,6-7,10-13,15H2,(H,24,28). The minimum Gasteiger partial charge on any atom is -0.352 e. The molecule has 0 saturated carbocycles. The summed E-state index contributed by atoms with van der Waals surface area (Å²) in [4.78, 5) is 42.8. The third kappa shape index (κ3) is 5.10. The molecule has 1 aliphatic rings. The molecular weight excluding hydrogens is 400 g/mol. The van der Waals surface area contributed by atoms with Crippen LogP contribution in [0.5, 0.6) is 0 Å². The fraction of sp³-hybridized carbons (Fsp3) is 0.381. The van der Waals surface area contributed by atoms with Gasteiger partial charge in [-0.2, -0.15) is 0 Å². The molecule has 1 fully saturated rings. The first kappa shape index (κ1) is 20.2. The van der Waals surface area contributed by atoms with E-state index >= 15 is 0 Å². The smallest absolute Gasteiger partial charge is 0.223 e. The first-order chi connectivity index (χ1) is 14.7. The molecule has 3 aromatic rings. The number of hydrogen-bond donors (Lipinski definition) is 1. The minimum atomic E-state index is -0.120. The van der Waals surface area contributed by atoms with Crippen molar-refractivity contribution in [2.75, 3.05) is 31.1 Å². The lowest BCUT2D eigenvalue weighted by Gasteiger charge is -2.21. The zero-order valence-electron chi connectivity index (χ0n) is 16.7. The third-order valence-corrected chi connectivity index (χ3v) is 6.09. The van der Waals surface area contributed by atoms with Gasteiger partial charge < -0.3 is 15.1 Å². The van der Waals surface area contributed by atoms with Crippen LogP contribution in [-0.4, -0.2) is 57.8 Å². The number of rotatable bonds is 6. The quantitative estimate of drug-likeness (QED) is 0.652. The number of carbonyl (C=O) groups is 2. The molecule has 30 heavy (non-hydrogen) atoms. The van der Waals surface area contributed by atoms with E-state index in [0.717, 1.165) is 40.6 Å². The van der Waals surface area contributed by atoms with Gasteiger partial charge in [-0.3, -0.25) is 14.6 Å². The maximum absolute atomic E-state index is 12.6. The van der Waals surface area contributed by atoms with E-state index in [1.54, 1.807) is 29.9 Å². The molecule has 0 aromatic carbocycles. The molecule has 2 amide bonds. The molecule has 4 heterocycles. The number of nitrogens with one attached hydrogen (secondary N) is 1. The zero-order valence-corrected chi connectivity index (χ0v) is 17.5. The Bertz CT molecular complexity index is 976. The van der Waals surface area contributed by atoms with Crippen molar-refractivity contribution in [3.63, 3.8) is 0 Å². The number of nitrogens with zero attached hydrogens (tertiary/aromatic N) is 5. The molecule has 0 radical (unpaired) electrons. The Morgan fingerprint density at radius 1 is 1.07 bits per heavy atom. The molecule has 9 heteroatoms. The van der Waals surface area contributed by atoms with E-state index in [0.29, 0.717) is 19.6 Å². The van der Waals surface area contributed by atoms with Crippen molar-refractivity contribution in [2.24, 2.45) is 0 Å². The zero-order chi connectivity index (χ0) is 20.8. The molecule has 0 aliphatic carbocycles. The third-order valence-electron chi connectivity index (χ3n) is 5.05. The van der Waals surface area contributed by atoms with Gasteiger partial charge in [-0.05, 0) is 30.2 Å². The molecule has 0 unspecified atom stereocenters. The van der Waals surface area contributed by atoms with Crippen molar-refractivity contribution < 1.29 is 9.59 Å². The highest BCUT2D eigenvalue weighted by Gasteiger charge is 2.21. The van der Waals surface area contributed by atoms with E-state index in [1.165, 1.54) is 0 Å². The van der Waals surface area contributed by atoms with Crippen molar-refractivity contribution in [3.8, 4) is 0 Å². The lowest BCUT2D eigenvalue weighted by molar-refractivity contribution is -0.133. The van der Waals surface area contributed by atoms with Gasteiger partial charge in [0.1, 0.15) is 10.3 Å². The average molecular weight is 425 g/mol. The average Bonchev–Trinajstić information content (AvgIpc) is 3.06. The van der Waals surface area contributed by atoms with Crippen LogP contribution in [0, 0.1) is 0 Å². The summed E-state index contributed by atoms with van der Waals surface area (Å²) in [5.74, 6) is -0.0926. The van der Waals surface area contributed by atoms with E-state index < -0.39 is 0 Å². The van der Waals surface area contributed by atoms with Crippen LogP contribution in [0.2, 0.25) is 0 Å². The van der Waals surface area contributed by atoms with Crippen molar-refractivity contribution in [3.05, 3.63) is 48.4 Å². The van der Waals surface area contributed by atoms with Gasteiger partial charge in [-0.1, -0.05) is 17.4 Å². The van der Waals surface area contributed by atoms with Gasteiger partial charge in [0.25, 0.3) is 0 Å². The summed E-state index contributed by atoms with van der Waals surface area (Å²) in [6, 6.07) is 7.60. The fourth-order valence-corrected chi connectivity index (χ4v) is 4.38. The van der Waals surface area contributed by atoms with Crippen LogP contribution >= 0.6 is 11.3 Å². The number of amides is 2. The van der Waals surface area contributed by atoms with Crippen molar-refractivity contribution in [1.82, 2.24) is 25.2 Å². The minimum absolute atomic E-state index is 0.0272. The topological polar surface area (TPSA) is 91.3 Å². The van der Waals surface area contributed by atoms with E-state index in [9.17, 15) is 9.59 Å². The van der Waals surface area contributed by atoms with E-state index in [-0.39, 0.29) is 24.7 Å². The van der Waals surface area contributed by atoms with Crippen LogP contribution in [0.15, 0.2) is 42.9 Å². The molecule has 4 rings (SSSR count). The molecule has 0 spiro atoms. The van der Waals surface area contributed by atoms with Gasteiger partial charge in [0.05, 0.1) is 0 Å². The summed E-state index contributed by atoms with van der Waals surface area (Å²) in [5.41, 5.74) is 1.85. The second-order valence-corrected chi connectivity index (χ2v) is 8.14. The molecule has 1 N–H and O–H groups in total. The highest BCUT2D eigenvalue weighted by molar-refractivity contribution is 7.21. The van der Waals surface area contributed by atoms with Crippen LogP contribution in [0.4, 0.5) is 5.13 Å². The maximum atomic E-state index is 12.6. The van der Waals surface area contributed by atoms with Crippen molar-refractivity contribution in [1.29, 1.82) is 0 Å². The molecular formula is C21H24N6O2S. The largest absolute Gasteiger partial charge is 0.352 e. The van der Waals surface area contributed by atoms with Gasteiger partial charge in [0, 0.05) is 64.2 Å². The highest BCUT2D eigenvalue weighted by Crippen LogP contribution is 2.27. The Morgan fingerprint density at radius 3 is 2.80 bits per heavy atom. The van der Waals surface area contributed by atoms with Gasteiger partial charge in [-0.15, -0.1) is 0 Å². The Hall–Kier alpha value is -3.07. The number of thiazole rings is 1. The number of carbonyl (C=O) groups excluding carboxylic acids is 2. The molecule has 0 bridgehead atoms. The summed E-state index contributed by atoms with van der Waals surface area (Å²) in [7, 11) is 0. The monoisotopic (exact) mass is 424 g/mol. The lowest BCUT2D eigenvalue weighted by atomic mass is 10.2. The second-order valence-electron chi connectivity index (χ2n) is 7.18. The van der Waals surface area contributed by atoms with Gasteiger partial charge >= 0.3 is 0 Å². The van der Waals surface area contributed by atoms with Crippen molar-refractivity contribution in [2.45, 2.75) is 25.8 Å². The molecule has 1 saturated heterocycles. The fourth-order valence-electron chi connectivity index (χ4n) is 3.42. The van der Waals surface area contributed by atoms with Gasteiger partial charge in [0.2, 0.25) is 11.8 Å². The first-order valence-corrected chi connectivity index (χ1v) is 10.9. The van der Waals surface area contributed by atoms with Gasteiger partial charge in [0.15, 0.2) is 5.13 Å². The number of hydrogen-bond acceptors (Lipinski definition) is 7. The van der Waals surface area contributed by atoms with E-state index in [2.05, 4.69) is 25.2 Å². The van der Waals surface area contributed by atoms with Crippen LogP contribution < -0.4 is 10.2 Å². The molecule has 8 nitrogen and oxygen atoms in total. The Morgan fingerprint density at radius 2 is 1.97 bits per heavy atom. The number of pyridine rings is 2. The number of fused-ring (bicyclic) bond motifs is 1. The predicted molar refractivity (Wildman–Crippen MR) is 116 cm³/mol. The lowest BCUT2D eigenvalue weighted by Crippen LogP contribution is -2.36. The van der Waals surface area contributed by atoms with Gasteiger partial charge in [-0.25, -0.2) is 9.97 Å².